The number of hydrogen-bond acceptors (Lipinski definition) is 2. The molecule has 1 saturated heterocycles. The van der Waals surface area contributed by atoms with E-state index in [1.807, 2.05) is 0 Å². The standard InChI is InChI=1S/C15H27NO/c1-16-14(10-12-4-5-12)13-6-9-17-15(11-13)7-2-3-8-15/h12-14,16H,2-11H2,1H3. The molecule has 2 saturated carbocycles. The van der Waals surface area contributed by atoms with Gasteiger partial charge in [0.1, 0.15) is 0 Å². The average molecular weight is 237 g/mol. The monoisotopic (exact) mass is 237 g/mol. The molecule has 1 N–H and O–H groups in total. The van der Waals surface area contributed by atoms with Crippen molar-refractivity contribution < 1.29 is 4.74 Å². The topological polar surface area (TPSA) is 21.3 Å². The first-order valence-electron chi connectivity index (χ1n) is 7.62. The lowest BCUT2D eigenvalue weighted by molar-refractivity contribution is -0.0981. The molecule has 1 heterocycles. The molecule has 2 atom stereocenters. The van der Waals surface area contributed by atoms with Gasteiger partial charge in [0, 0.05) is 12.6 Å². The first-order chi connectivity index (χ1) is 8.31. The molecule has 0 aromatic heterocycles. The van der Waals surface area contributed by atoms with Gasteiger partial charge in [0.05, 0.1) is 5.60 Å². The second-order valence-electron chi connectivity index (χ2n) is 6.57. The molecular formula is C15H27NO. The predicted molar refractivity (Wildman–Crippen MR) is 70.1 cm³/mol. The minimum absolute atomic E-state index is 0.293. The molecular weight excluding hydrogens is 210 g/mol. The van der Waals surface area contributed by atoms with Crippen LogP contribution in [0, 0.1) is 11.8 Å². The van der Waals surface area contributed by atoms with E-state index in [0.717, 1.165) is 24.5 Å². The van der Waals surface area contributed by atoms with Crippen LogP contribution in [-0.2, 0) is 4.74 Å². The van der Waals surface area contributed by atoms with Gasteiger partial charge >= 0.3 is 0 Å². The van der Waals surface area contributed by atoms with Crippen molar-refractivity contribution in [2.45, 2.75) is 69.4 Å². The Morgan fingerprint density at radius 1 is 1.24 bits per heavy atom. The van der Waals surface area contributed by atoms with Crippen molar-refractivity contribution in [1.29, 1.82) is 0 Å². The van der Waals surface area contributed by atoms with Crippen LogP contribution in [0.3, 0.4) is 0 Å². The highest BCUT2D eigenvalue weighted by Crippen LogP contribution is 2.44. The summed E-state index contributed by atoms with van der Waals surface area (Å²) in [4.78, 5) is 0. The summed E-state index contributed by atoms with van der Waals surface area (Å²) in [7, 11) is 2.16. The van der Waals surface area contributed by atoms with Crippen molar-refractivity contribution in [2.24, 2.45) is 11.8 Å². The van der Waals surface area contributed by atoms with Crippen molar-refractivity contribution in [3.05, 3.63) is 0 Å². The van der Waals surface area contributed by atoms with Crippen LogP contribution in [0.5, 0.6) is 0 Å². The molecule has 0 radical (unpaired) electrons. The second-order valence-corrected chi connectivity index (χ2v) is 6.57. The van der Waals surface area contributed by atoms with Gasteiger partial charge in [-0.3, -0.25) is 0 Å². The largest absolute Gasteiger partial charge is 0.375 e. The van der Waals surface area contributed by atoms with Crippen LogP contribution in [0.1, 0.15) is 57.8 Å². The van der Waals surface area contributed by atoms with E-state index in [4.69, 9.17) is 4.74 Å². The minimum atomic E-state index is 0.293. The maximum absolute atomic E-state index is 6.14. The molecule has 2 unspecified atom stereocenters. The lowest BCUT2D eigenvalue weighted by Crippen LogP contribution is -2.45. The summed E-state index contributed by atoms with van der Waals surface area (Å²) >= 11 is 0. The Balaban J connectivity index is 1.60. The summed E-state index contributed by atoms with van der Waals surface area (Å²) < 4.78 is 6.14. The molecule has 1 aliphatic heterocycles. The van der Waals surface area contributed by atoms with Crippen LogP contribution in [0.15, 0.2) is 0 Å². The van der Waals surface area contributed by atoms with Crippen LogP contribution < -0.4 is 5.32 Å². The first kappa shape index (κ1) is 12.0. The molecule has 2 heteroatoms. The Morgan fingerprint density at radius 2 is 2.00 bits per heavy atom. The fourth-order valence-corrected chi connectivity index (χ4v) is 4.04. The Kier molecular flexibility index (Phi) is 3.45. The molecule has 98 valence electrons. The summed E-state index contributed by atoms with van der Waals surface area (Å²) in [6.45, 7) is 1.01. The van der Waals surface area contributed by atoms with Crippen molar-refractivity contribution in [3.8, 4) is 0 Å². The van der Waals surface area contributed by atoms with Gasteiger partial charge in [-0.1, -0.05) is 25.7 Å². The van der Waals surface area contributed by atoms with E-state index >= 15 is 0 Å². The van der Waals surface area contributed by atoms with Crippen LogP contribution in [0.2, 0.25) is 0 Å². The molecule has 0 aromatic rings. The highest BCUT2D eigenvalue weighted by molar-refractivity contribution is 4.95. The van der Waals surface area contributed by atoms with Crippen LogP contribution in [-0.4, -0.2) is 25.3 Å². The average Bonchev–Trinajstić information content (AvgIpc) is 3.07. The van der Waals surface area contributed by atoms with Gasteiger partial charge < -0.3 is 10.1 Å². The lowest BCUT2D eigenvalue weighted by atomic mass is 9.79. The molecule has 3 fully saturated rings. The van der Waals surface area contributed by atoms with Gasteiger partial charge in [-0.05, 0) is 51.0 Å². The van der Waals surface area contributed by atoms with Gasteiger partial charge in [-0.15, -0.1) is 0 Å². The molecule has 0 amide bonds. The maximum Gasteiger partial charge on any atom is 0.0685 e. The van der Waals surface area contributed by atoms with Crippen LogP contribution in [0.4, 0.5) is 0 Å². The second kappa shape index (κ2) is 4.89. The summed E-state index contributed by atoms with van der Waals surface area (Å²) in [6, 6.07) is 0.754. The third kappa shape index (κ3) is 2.68. The van der Waals surface area contributed by atoms with E-state index in [2.05, 4.69) is 12.4 Å². The van der Waals surface area contributed by atoms with E-state index in [1.165, 1.54) is 57.8 Å². The van der Waals surface area contributed by atoms with E-state index in [9.17, 15) is 0 Å². The van der Waals surface area contributed by atoms with Gasteiger partial charge in [-0.2, -0.15) is 0 Å². The van der Waals surface area contributed by atoms with Crippen LogP contribution >= 0.6 is 0 Å². The van der Waals surface area contributed by atoms with Crippen LogP contribution in [0.25, 0.3) is 0 Å². The van der Waals surface area contributed by atoms with Crippen molar-refractivity contribution in [3.63, 3.8) is 0 Å². The Labute approximate surface area is 105 Å². The zero-order valence-corrected chi connectivity index (χ0v) is 11.2. The Hall–Kier alpha value is -0.0800. The molecule has 2 aliphatic carbocycles. The summed E-state index contributed by atoms with van der Waals surface area (Å²) in [5, 5.41) is 3.59. The molecule has 3 rings (SSSR count). The van der Waals surface area contributed by atoms with E-state index in [1.54, 1.807) is 0 Å². The Morgan fingerprint density at radius 3 is 2.65 bits per heavy atom. The molecule has 3 aliphatic rings. The summed E-state index contributed by atoms with van der Waals surface area (Å²) in [5.74, 6) is 1.90. The van der Waals surface area contributed by atoms with Crippen molar-refractivity contribution >= 4 is 0 Å². The van der Waals surface area contributed by atoms with Gasteiger partial charge in [0.25, 0.3) is 0 Å². The number of ether oxygens (including phenoxy) is 1. The van der Waals surface area contributed by atoms with Gasteiger partial charge in [-0.25, -0.2) is 0 Å². The number of rotatable bonds is 4. The quantitative estimate of drug-likeness (QED) is 0.811. The zero-order valence-electron chi connectivity index (χ0n) is 11.2. The van der Waals surface area contributed by atoms with Gasteiger partial charge in [0.15, 0.2) is 0 Å². The third-order valence-corrected chi connectivity index (χ3v) is 5.27. The fourth-order valence-electron chi connectivity index (χ4n) is 4.04. The van der Waals surface area contributed by atoms with E-state index < -0.39 is 0 Å². The minimum Gasteiger partial charge on any atom is -0.375 e. The molecule has 1 spiro atoms. The SMILES string of the molecule is CNC(CC1CC1)C1CCOC2(CCCC2)C1. The summed E-state index contributed by atoms with van der Waals surface area (Å²) in [6.07, 6.45) is 12.4. The van der Waals surface area contributed by atoms with Crippen molar-refractivity contribution in [2.75, 3.05) is 13.7 Å². The molecule has 2 nitrogen and oxygen atoms in total. The Bertz CT molecular complexity index is 256. The maximum atomic E-state index is 6.14. The summed E-state index contributed by atoms with van der Waals surface area (Å²) in [5.41, 5.74) is 0.293. The molecule has 17 heavy (non-hydrogen) atoms. The van der Waals surface area contributed by atoms with E-state index in [-0.39, 0.29) is 0 Å². The third-order valence-electron chi connectivity index (χ3n) is 5.27. The number of nitrogens with one attached hydrogen (secondary N) is 1. The number of hydrogen-bond donors (Lipinski definition) is 1. The zero-order chi connectivity index (χ0) is 11.7. The normalized spacial score (nSPS) is 34.1. The predicted octanol–water partition coefficient (Wildman–Crippen LogP) is 3.11. The molecule has 0 aromatic carbocycles. The highest BCUT2D eigenvalue weighted by atomic mass is 16.5. The first-order valence-corrected chi connectivity index (χ1v) is 7.62. The van der Waals surface area contributed by atoms with Gasteiger partial charge in [0.2, 0.25) is 0 Å². The fraction of sp³-hybridized carbons (Fsp3) is 1.00. The highest BCUT2D eigenvalue weighted by Gasteiger charge is 2.42. The van der Waals surface area contributed by atoms with Crippen molar-refractivity contribution in [1.82, 2.24) is 5.32 Å². The van der Waals surface area contributed by atoms with E-state index in [0.29, 0.717) is 5.60 Å². The lowest BCUT2D eigenvalue weighted by Gasteiger charge is -2.41. The molecule has 0 bridgehead atoms. The smallest absolute Gasteiger partial charge is 0.0685 e.